The van der Waals surface area contributed by atoms with Crippen molar-refractivity contribution in [1.29, 1.82) is 0 Å². The fourth-order valence-electron chi connectivity index (χ4n) is 2.10. The van der Waals surface area contributed by atoms with Gasteiger partial charge in [0.2, 0.25) is 10.0 Å². The summed E-state index contributed by atoms with van der Waals surface area (Å²) in [5.41, 5.74) is -0.155. The SMILES string of the molecule is COC(=O)c1cc(S(=O)(=O)N2CCSC(C)C2)ccc1O. The highest BCUT2D eigenvalue weighted by Gasteiger charge is 2.30. The summed E-state index contributed by atoms with van der Waals surface area (Å²) in [7, 11) is -2.50. The number of nitrogens with zero attached hydrogens (tertiary/aromatic N) is 1. The average Bonchev–Trinajstić information content (AvgIpc) is 2.46. The Balaban J connectivity index is 2.38. The second-order valence-corrected chi connectivity index (χ2v) is 8.20. The first-order chi connectivity index (χ1) is 9.86. The minimum Gasteiger partial charge on any atom is -0.507 e. The monoisotopic (exact) mass is 331 g/mol. The smallest absolute Gasteiger partial charge is 0.341 e. The lowest BCUT2D eigenvalue weighted by molar-refractivity contribution is 0.0597. The summed E-state index contributed by atoms with van der Waals surface area (Å²) in [6.07, 6.45) is 0. The van der Waals surface area contributed by atoms with Gasteiger partial charge in [0.05, 0.1) is 12.0 Å². The van der Waals surface area contributed by atoms with Gasteiger partial charge in [0, 0.05) is 24.1 Å². The molecule has 6 nitrogen and oxygen atoms in total. The molecular formula is C13H17NO5S2. The van der Waals surface area contributed by atoms with Crippen LogP contribution in [0.25, 0.3) is 0 Å². The van der Waals surface area contributed by atoms with Crippen LogP contribution >= 0.6 is 11.8 Å². The van der Waals surface area contributed by atoms with Gasteiger partial charge in [-0.1, -0.05) is 6.92 Å². The minimum atomic E-state index is -3.67. The van der Waals surface area contributed by atoms with Gasteiger partial charge in [0.15, 0.2) is 0 Å². The van der Waals surface area contributed by atoms with Crippen LogP contribution in [-0.4, -0.2) is 55.0 Å². The number of carbonyl (C=O) groups is 1. The Morgan fingerprint density at radius 2 is 2.19 bits per heavy atom. The van der Waals surface area contributed by atoms with Gasteiger partial charge < -0.3 is 9.84 Å². The lowest BCUT2D eigenvalue weighted by Crippen LogP contribution is -2.40. The standard InChI is InChI=1S/C13H17NO5S2/c1-9-8-14(5-6-20-9)21(17,18)10-3-4-12(15)11(7-10)13(16)19-2/h3-4,7,9,15H,5-6,8H2,1-2H3. The number of hydrogen-bond donors (Lipinski definition) is 1. The highest BCUT2D eigenvalue weighted by molar-refractivity contribution is 8.00. The van der Waals surface area contributed by atoms with Crippen LogP contribution in [0, 0.1) is 0 Å². The fraction of sp³-hybridized carbons (Fsp3) is 0.462. The molecule has 0 bridgehead atoms. The molecular weight excluding hydrogens is 314 g/mol. The van der Waals surface area contributed by atoms with E-state index in [9.17, 15) is 18.3 Å². The molecule has 1 aliphatic heterocycles. The van der Waals surface area contributed by atoms with Crippen LogP contribution in [0.15, 0.2) is 23.1 Å². The number of phenols is 1. The molecule has 0 aliphatic carbocycles. The van der Waals surface area contributed by atoms with Gasteiger partial charge in [0.1, 0.15) is 11.3 Å². The number of sulfonamides is 1. The first-order valence-corrected chi connectivity index (χ1v) is 8.88. The van der Waals surface area contributed by atoms with Crippen LogP contribution in [0.2, 0.25) is 0 Å². The highest BCUT2D eigenvalue weighted by atomic mass is 32.2. The zero-order valence-electron chi connectivity index (χ0n) is 11.8. The number of benzene rings is 1. The topological polar surface area (TPSA) is 83.9 Å². The van der Waals surface area contributed by atoms with Crippen molar-refractivity contribution >= 4 is 27.8 Å². The van der Waals surface area contributed by atoms with Crippen LogP contribution < -0.4 is 0 Å². The zero-order chi connectivity index (χ0) is 15.6. The number of aromatic hydroxyl groups is 1. The van der Waals surface area contributed by atoms with Crippen molar-refractivity contribution in [3.8, 4) is 5.75 Å². The molecule has 0 radical (unpaired) electrons. The molecule has 21 heavy (non-hydrogen) atoms. The summed E-state index contributed by atoms with van der Waals surface area (Å²) in [5, 5.41) is 9.87. The van der Waals surface area contributed by atoms with E-state index >= 15 is 0 Å². The Morgan fingerprint density at radius 3 is 2.81 bits per heavy atom. The van der Waals surface area contributed by atoms with Crippen LogP contribution in [0.3, 0.4) is 0 Å². The summed E-state index contributed by atoms with van der Waals surface area (Å²) in [5.74, 6) is -0.335. The molecule has 0 spiro atoms. The lowest BCUT2D eigenvalue weighted by Gasteiger charge is -2.29. The number of rotatable bonds is 3. The molecule has 0 amide bonds. The van der Waals surface area contributed by atoms with Crippen molar-refractivity contribution in [3.05, 3.63) is 23.8 Å². The number of carbonyl (C=O) groups excluding carboxylic acids is 1. The van der Waals surface area contributed by atoms with Gasteiger partial charge in [0.25, 0.3) is 0 Å². The van der Waals surface area contributed by atoms with E-state index in [0.717, 1.165) is 11.8 Å². The summed E-state index contributed by atoms with van der Waals surface area (Å²) >= 11 is 1.73. The van der Waals surface area contributed by atoms with Gasteiger partial charge in [-0.25, -0.2) is 13.2 Å². The van der Waals surface area contributed by atoms with E-state index < -0.39 is 16.0 Å². The lowest BCUT2D eigenvalue weighted by atomic mass is 10.2. The Morgan fingerprint density at radius 1 is 1.48 bits per heavy atom. The third-order valence-corrected chi connectivity index (χ3v) is 6.21. The third kappa shape index (κ3) is 3.33. The van der Waals surface area contributed by atoms with Crippen LogP contribution in [0.5, 0.6) is 5.75 Å². The van der Waals surface area contributed by atoms with Crippen molar-refractivity contribution in [3.63, 3.8) is 0 Å². The number of esters is 1. The van der Waals surface area contributed by atoms with Gasteiger partial charge in [-0.15, -0.1) is 0 Å². The zero-order valence-corrected chi connectivity index (χ0v) is 13.4. The highest BCUT2D eigenvalue weighted by Crippen LogP contribution is 2.27. The van der Waals surface area contributed by atoms with E-state index in [1.54, 1.807) is 11.8 Å². The number of hydrogen-bond acceptors (Lipinski definition) is 6. The Bertz CT molecular complexity index is 644. The summed E-state index contributed by atoms with van der Waals surface area (Å²) in [4.78, 5) is 11.5. The summed E-state index contributed by atoms with van der Waals surface area (Å²) in [6, 6.07) is 3.65. The molecule has 1 aliphatic rings. The first kappa shape index (κ1) is 16.1. The number of phenolic OH excluding ortho intramolecular Hbond substituents is 1. The normalized spacial score (nSPS) is 20.2. The number of ether oxygens (including phenoxy) is 1. The molecule has 1 aromatic rings. The van der Waals surface area contributed by atoms with E-state index in [0.29, 0.717) is 13.1 Å². The van der Waals surface area contributed by atoms with Gasteiger partial charge in [-0.3, -0.25) is 0 Å². The van der Waals surface area contributed by atoms with Crippen LogP contribution in [0.1, 0.15) is 17.3 Å². The molecule has 1 heterocycles. The van der Waals surface area contributed by atoms with Gasteiger partial charge in [-0.2, -0.15) is 16.1 Å². The van der Waals surface area contributed by atoms with Crippen LogP contribution in [-0.2, 0) is 14.8 Å². The molecule has 1 fully saturated rings. The molecule has 1 aromatic carbocycles. The Kier molecular flexibility index (Phi) is 4.80. The predicted octanol–water partition coefficient (Wildman–Crippen LogP) is 1.30. The Hall–Kier alpha value is -1.25. The average molecular weight is 331 g/mol. The van der Waals surface area contributed by atoms with E-state index in [4.69, 9.17) is 0 Å². The maximum Gasteiger partial charge on any atom is 0.341 e. The van der Waals surface area contributed by atoms with Crippen molar-refractivity contribution in [2.75, 3.05) is 26.0 Å². The fourth-order valence-corrected chi connectivity index (χ4v) is 4.88. The Labute approximate surface area is 128 Å². The van der Waals surface area contributed by atoms with Crippen molar-refractivity contribution < 1.29 is 23.1 Å². The minimum absolute atomic E-state index is 0.0141. The van der Waals surface area contributed by atoms with Gasteiger partial charge in [-0.05, 0) is 18.2 Å². The molecule has 0 aromatic heterocycles. The molecule has 8 heteroatoms. The molecule has 1 saturated heterocycles. The number of methoxy groups -OCH3 is 1. The van der Waals surface area contributed by atoms with Crippen LogP contribution in [0.4, 0.5) is 0 Å². The molecule has 116 valence electrons. The van der Waals surface area contributed by atoms with E-state index in [1.807, 2.05) is 6.92 Å². The third-order valence-electron chi connectivity index (χ3n) is 3.21. The second-order valence-electron chi connectivity index (χ2n) is 4.71. The van der Waals surface area contributed by atoms with Crippen molar-refractivity contribution in [1.82, 2.24) is 4.31 Å². The second kappa shape index (κ2) is 6.25. The molecule has 1 atom stereocenters. The predicted molar refractivity (Wildman–Crippen MR) is 80.1 cm³/mol. The van der Waals surface area contributed by atoms with E-state index in [1.165, 1.54) is 23.5 Å². The number of thioether (sulfide) groups is 1. The van der Waals surface area contributed by atoms with E-state index in [2.05, 4.69) is 4.74 Å². The molecule has 0 saturated carbocycles. The van der Waals surface area contributed by atoms with Crippen molar-refractivity contribution in [2.24, 2.45) is 0 Å². The largest absolute Gasteiger partial charge is 0.507 e. The maximum absolute atomic E-state index is 12.6. The first-order valence-electron chi connectivity index (χ1n) is 6.39. The maximum atomic E-state index is 12.6. The summed E-state index contributed by atoms with van der Waals surface area (Å²) < 4.78 is 31.1. The van der Waals surface area contributed by atoms with Gasteiger partial charge >= 0.3 is 5.97 Å². The van der Waals surface area contributed by atoms with Crippen molar-refractivity contribution in [2.45, 2.75) is 17.1 Å². The molecule has 2 rings (SSSR count). The summed E-state index contributed by atoms with van der Waals surface area (Å²) in [6.45, 7) is 2.84. The quantitative estimate of drug-likeness (QED) is 0.841. The molecule has 1 unspecified atom stereocenters. The van der Waals surface area contributed by atoms with E-state index in [-0.39, 0.29) is 21.5 Å². The molecule has 1 N–H and O–H groups in total.